The summed E-state index contributed by atoms with van der Waals surface area (Å²) in [6.07, 6.45) is 2.88. The highest BCUT2D eigenvalue weighted by Crippen LogP contribution is 2.32. The molecule has 0 spiro atoms. The number of nitrogens with one attached hydrogen (secondary N) is 2. The van der Waals surface area contributed by atoms with Crippen molar-refractivity contribution in [2.24, 2.45) is 0 Å². The van der Waals surface area contributed by atoms with Crippen LogP contribution in [0.3, 0.4) is 0 Å². The normalized spacial score (nSPS) is 16.5. The van der Waals surface area contributed by atoms with Crippen LogP contribution in [0.2, 0.25) is 0 Å². The number of anilines is 1. The number of hydrogen-bond donors (Lipinski definition) is 2. The van der Waals surface area contributed by atoms with Crippen LogP contribution in [0.4, 0.5) is 10.5 Å². The van der Waals surface area contributed by atoms with Crippen LogP contribution in [0.15, 0.2) is 66.7 Å². The van der Waals surface area contributed by atoms with Gasteiger partial charge in [-0.3, -0.25) is 4.79 Å². The lowest BCUT2D eigenvalue weighted by Gasteiger charge is -2.33. The molecule has 2 heterocycles. The Labute approximate surface area is 211 Å². The fourth-order valence-electron chi connectivity index (χ4n) is 4.73. The summed E-state index contributed by atoms with van der Waals surface area (Å²) in [5, 5.41) is 6.01. The molecule has 1 fully saturated rings. The molecule has 2 aliphatic heterocycles. The van der Waals surface area contributed by atoms with Crippen LogP contribution in [0.25, 0.3) is 0 Å². The smallest absolute Gasteiger partial charge is 0.321 e. The molecule has 36 heavy (non-hydrogen) atoms. The van der Waals surface area contributed by atoms with Crippen molar-refractivity contribution < 1.29 is 19.1 Å². The maximum atomic E-state index is 12.9. The lowest BCUT2D eigenvalue weighted by molar-refractivity contribution is 0.0950. The van der Waals surface area contributed by atoms with Gasteiger partial charge in [-0.2, -0.15) is 0 Å². The zero-order valence-electron chi connectivity index (χ0n) is 20.5. The Morgan fingerprint density at radius 3 is 2.61 bits per heavy atom. The molecule has 186 valence electrons. The molecule has 7 heteroatoms. The maximum absolute atomic E-state index is 12.9. The summed E-state index contributed by atoms with van der Waals surface area (Å²) >= 11 is 0. The van der Waals surface area contributed by atoms with Gasteiger partial charge < -0.3 is 25.0 Å². The molecule has 0 bridgehead atoms. The second-order valence-corrected chi connectivity index (χ2v) is 9.26. The van der Waals surface area contributed by atoms with E-state index in [4.69, 9.17) is 9.47 Å². The molecule has 7 nitrogen and oxygen atoms in total. The van der Waals surface area contributed by atoms with E-state index in [9.17, 15) is 9.59 Å². The third kappa shape index (κ3) is 5.46. The molecule has 0 unspecified atom stereocenters. The average Bonchev–Trinajstić information content (AvgIpc) is 3.40. The zero-order valence-corrected chi connectivity index (χ0v) is 20.5. The molecule has 3 aromatic carbocycles. The number of carbonyl (C=O) groups excluding carboxylic acids is 2. The van der Waals surface area contributed by atoms with Gasteiger partial charge in [0, 0.05) is 36.8 Å². The van der Waals surface area contributed by atoms with Gasteiger partial charge in [-0.05, 0) is 72.4 Å². The average molecular weight is 486 g/mol. The summed E-state index contributed by atoms with van der Waals surface area (Å²) in [5.41, 5.74) is 4.69. The summed E-state index contributed by atoms with van der Waals surface area (Å²) in [4.78, 5) is 27.6. The summed E-state index contributed by atoms with van der Waals surface area (Å²) in [6.45, 7) is 4.09. The Balaban J connectivity index is 1.19. The van der Waals surface area contributed by atoms with E-state index in [2.05, 4.69) is 17.6 Å². The number of hydrogen-bond acceptors (Lipinski definition) is 4. The van der Waals surface area contributed by atoms with Gasteiger partial charge in [-0.25, -0.2) is 4.79 Å². The highest BCUT2D eigenvalue weighted by atomic mass is 16.7. The summed E-state index contributed by atoms with van der Waals surface area (Å²) < 4.78 is 10.8. The van der Waals surface area contributed by atoms with Crippen molar-refractivity contribution in [3.05, 3.63) is 89.0 Å². The first kappa shape index (κ1) is 23.7. The van der Waals surface area contributed by atoms with Gasteiger partial charge in [-0.1, -0.05) is 37.3 Å². The fourth-order valence-corrected chi connectivity index (χ4v) is 4.73. The van der Waals surface area contributed by atoms with Gasteiger partial charge >= 0.3 is 6.03 Å². The maximum Gasteiger partial charge on any atom is 0.321 e. The molecule has 2 aliphatic rings. The number of urea groups is 1. The Kier molecular flexibility index (Phi) is 7.07. The lowest BCUT2D eigenvalue weighted by atomic mass is 9.89. The van der Waals surface area contributed by atoms with E-state index < -0.39 is 0 Å². The minimum Gasteiger partial charge on any atom is -0.454 e. The van der Waals surface area contributed by atoms with E-state index in [1.165, 1.54) is 5.56 Å². The number of carbonyl (C=O) groups is 2. The first-order valence-corrected chi connectivity index (χ1v) is 12.5. The topological polar surface area (TPSA) is 79.9 Å². The van der Waals surface area contributed by atoms with Crippen molar-refractivity contribution in [3.63, 3.8) is 0 Å². The Bertz CT molecular complexity index is 1240. The van der Waals surface area contributed by atoms with Gasteiger partial charge in [0.1, 0.15) is 0 Å². The molecule has 0 saturated carbocycles. The minimum absolute atomic E-state index is 0.0819. The third-order valence-corrected chi connectivity index (χ3v) is 6.83. The van der Waals surface area contributed by atoms with Crippen molar-refractivity contribution in [2.75, 3.05) is 25.2 Å². The van der Waals surface area contributed by atoms with Gasteiger partial charge in [0.05, 0.1) is 0 Å². The number of rotatable bonds is 6. The van der Waals surface area contributed by atoms with Crippen LogP contribution in [0.1, 0.15) is 52.7 Å². The van der Waals surface area contributed by atoms with Gasteiger partial charge in [0.25, 0.3) is 5.91 Å². The number of aryl methyl sites for hydroxylation is 1. The summed E-state index contributed by atoms with van der Waals surface area (Å²) in [5.74, 6) is 1.49. The van der Waals surface area contributed by atoms with E-state index in [1.807, 2.05) is 71.6 Å². The highest BCUT2D eigenvalue weighted by Gasteiger charge is 2.25. The van der Waals surface area contributed by atoms with Crippen LogP contribution < -0.4 is 20.1 Å². The molecule has 3 aromatic rings. The van der Waals surface area contributed by atoms with E-state index in [0.717, 1.165) is 48.4 Å². The molecule has 0 aliphatic carbocycles. The van der Waals surface area contributed by atoms with Crippen LogP contribution in [-0.2, 0) is 13.0 Å². The number of amides is 3. The minimum atomic E-state index is -0.129. The third-order valence-electron chi connectivity index (χ3n) is 6.83. The molecule has 1 atom stereocenters. The van der Waals surface area contributed by atoms with E-state index >= 15 is 0 Å². The number of benzene rings is 3. The Hall–Kier alpha value is -4.00. The monoisotopic (exact) mass is 485 g/mol. The van der Waals surface area contributed by atoms with Crippen molar-refractivity contribution in [2.45, 2.75) is 38.6 Å². The zero-order chi connectivity index (χ0) is 24.9. The van der Waals surface area contributed by atoms with Crippen molar-refractivity contribution in [3.8, 4) is 11.5 Å². The first-order valence-electron chi connectivity index (χ1n) is 12.5. The van der Waals surface area contributed by atoms with Gasteiger partial charge in [-0.15, -0.1) is 0 Å². The second-order valence-electron chi connectivity index (χ2n) is 9.26. The molecule has 3 amide bonds. The number of fused-ring (bicyclic) bond motifs is 1. The fraction of sp³-hybridized carbons (Fsp3) is 0.310. The molecule has 2 N–H and O–H groups in total. The van der Waals surface area contributed by atoms with E-state index in [1.54, 1.807) is 0 Å². The summed E-state index contributed by atoms with van der Waals surface area (Å²) in [7, 11) is 0. The van der Waals surface area contributed by atoms with Gasteiger partial charge in [0.2, 0.25) is 6.79 Å². The van der Waals surface area contributed by atoms with E-state index in [-0.39, 0.29) is 24.6 Å². The molecule has 0 radical (unpaired) electrons. The molecule has 1 saturated heterocycles. The van der Waals surface area contributed by atoms with Crippen LogP contribution in [0.5, 0.6) is 11.5 Å². The lowest BCUT2D eigenvalue weighted by Crippen LogP contribution is -2.41. The Morgan fingerprint density at radius 1 is 0.972 bits per heavy atom. The quantitative estimate of drug-likeness (QED) is 0.495. The van der Waals surface area contributed by atoms with Crippen molar-refractivity contribution in [1.29, 1.82) is 0 Å². The SMILES string of the molecule is CCc1ccc(NC(=O)N2CCC[C@@H](c3cccc(C(=O)NCc4ccc5c(c4)OCO5)c3)C2)cc1. The molecular weight excluding hydrogens is 454 g/mol. The highest BCUT2D eigenvalue weighted by molar-refractivity contribution is 5.94. The number of piperidine rings is 1. The summed E-state index contributed by atoms with van der Waals surface area (Å²) in [6, 6.07) is 21.3. The van der Waals surface area contributed by atoms with Gasteiger partial charge in [0.15, 0.2) is 11.5 Å². The second kappa shape index (κ2) is 10.7. The van der Waals surface area contributed by atoms with Crippen LogP contribution >= 0.6 is 0 Å². The number of nitrogens with zero attached hydrogens (tertiary/aromatic N) is 1. The molecule has 5 rings (SSSR count). The van der Waals surface area contributed by atoms with E-state index in [0.29, 0.717) is 24.4 Å². The first-order chi connectivity index (χ1) is 17.6. The number of ether oxygens (including phenoxy) is 2. The van der Waals surface area contributed by atoms with Crippen molar-refractivity contribution >= 4 is 17.6 Å². The largest absolute Gasteiger partial charge is 0.454 e. The Morgan fingerprint density at radius 2 is 1.78 bits per heavy atom. The standard InChI is InChI=1S/C29H31N3O4/c1-2-20-8-11-25(12-9-20)31-29(34)32-14-4-7-24(18-32)22-5-3-6-23(16-22)28(33)30-17-21-10-13-26-27(15-21)36-19-35-26/h3,5-6,8-13,15-16,24H,2,4,7,14,17-19H2,1H3,(H,30,33)(H,31,34)/t24-/m1/s1. The van der Waals surface area contributed by atoms with Crippen LogP contribution in [0, 0.1) is 0 Å². The number of likely N-dealkylation sites (tertiary alicyclic amines) is 1. The predicted molar refractivity (Wildman–Crippen MR) is 139 cm³/mol. The van der Waals surface area contributed by atoms with Crippen molar-refractivity contribution in [1.82, 2.24) is 10.2 Å². The van der Waals surface area contributed by atoms with Crippen LogP contribution in [-0.4, -0.2) is 36.7 Å². The molecular formula is C29H31N3O4. The predicted octanol–water partition coefficient (Wildman–Crippen LogP) is 5.32. The molecule has 0 aromatic heterocycles.